The fourth-order valence-corrected chi connectivity index (χ4v) is 8.70. The van der Waals surface area contributed by atoms with Crippen LogP contribution in [0.2, 0.25) is 0 Å². The Kier molecular flexibility index (Phi) is 7.59. The monoisotopic (exact) mass is 692 g/mol. The van der Waals surface area contributed by atoms with Crippen molar-refractivity contribution in [2.75, 3.05) is 4.90 Å². The highest BCUT2D eigenvalue weighted by atomic mass is 15.2. The number of rotatable bonds is 6. The number of anilines is 3. The van der Waals surface area contributed by atoms with Crippen LogP contribution in [0.25, 0.3) is 44.7 Å². The Morgan fingerprint density at radius 2 is 1.06 bits per heavy atom. The largest absolute Gasteiger partial charge is 0.355 e. The first-order valence-corrected chi connectivity index (χ1v) is 18.9. The molecule has 0 radical (unpaired) electrons. The fourth-order valence-electron chi connectivity index (χ4n) is 8.70. The number of hydrogen-bond donors (Lipinski definition) is 1. The lowest BCUT2D eigenvalue weighted by Crippen LogP contribution is -2.30. The predicted molar refractivity (Wildman–Crippen MR) is 229 cm³/mol. The van der Waals surface area contributed by atoms with Crippen molar-refractivity contribution in [3.63, 3.8) is 0 Å². The van der Waals surface area contributed by atoms with Gasteiger partial charge in [-0.2, -0.15) is 0 Å². The van der Waals surface area contributed by atoms with E-state index in [0.29, 0.717) is 0 Å². The zero-order chi connectivity index (χ0) is 36.2. The molecule has 1 aliphatic heterocycles. The number of para-hydroxylation sites is 2. The van der Waals surface area contributed by atoms with Gasteiger partial charge in [0.15, 0.2) is 0 Å². The zero-order valence-corrected chi connectivity index (χ0v) is 30.5. The van der Waals surface area contributed by atoms with Crippen LogP contribution < -0.4 is 4.90 Å². The summed E-state index contributed by atoms with van der Waals surface area (Å²) in [5.74, 6) is 0.117. The molecule has 0 aliphatic carbocycles. The third-order valence-electron chi connectivity index (χ3n) is 11.5. The molecule has 2 nitrogen and oxygen atoms in total. The molecule has 2 heteroatoms. The molecular weight excluding hydrogens is 653 g/mol. The Labute approximate surface area is 316 Å². The average molecular weight is 693 g/mol. The van der Waals surface area contributed by atoms with Gasteiger partial charge < -0.3 is 9.88 Å². The van der Waals surface area contributed by atoms with Crippen molar-refractivity contribution in [3.05, 3.63) is 221 Å². The van der Waals surface area contributed by atoms with Crippen molar-refractivity contribution in [2.45, 2.75) is 25.2 Å². The van der Waals surface area contributed by atoms with Crippen molar-refractivity contribution in [1.29, 1.82) is 0 Å². The lowest BCUT2D eigenvalue weighted by Gasteiger charge is -2.42. The lowest BCUT2D eigenvalue weighted by atomic mass is 9.73. The molecule has 1 aromatic heterocycles. The van der Waals surface area contributed by atoms with Crippen molar-refractivity contribution in [1.82, 2.24) is 4.98 Å². The number of benzene rings is 8. The maximum absolute atomic E-state index is 3.69. The van der Waals surface area contributed by atoms with Gasteiger partial charge in [0.25, 0.3) is 0 Å². The second-order valence-corrected chi connectivity index (χ2v) is 15.1. The molecule has 258 valence electrons. The Hall–Kier alpha value is -6.64. The van der Waals surface area contributed by atoms with Crippen LogP contribution in [0.5, 0.6) is 0 Å². The lowest BCUT2D eigenvalue weighted by molar-refractivity contribution is 0.631. The van der Waals surface area contributed by atoms with Crippen LogP contribution in [0, 0.1) is 0 Å². The Balaban J connectivity index is 1.03. The smallest absolute Gasteiger partial charge is 0.0503 e. The van der Waals surface area contributed by atoms with E-state index in [2.05, 4.69) is 218 Å². The summed E-state index contributed by atoms with van der Waals surface area (Å²) < 4.78 is 0. The molecular formula is C52H40N2. The Morgan fingerprint density at radius 1 is 0.463 bits per heavy atom. The van der Waals surface area contributed by atoms with E-state index < -0.39 is 0 Å². The summed E-state index contributed by atoms with van der Waals surface area (Å²) in [6.45, 7) is 4.70. The Morgan fingerprint density at radius 3 is 1.87 bits per heavy atom. The third-order valence-corrected chi connectivity index (χ3v) is 11.5. The molecule has 0 spiro atoms. The number of fused-ring (bicyclic) bond motifs is 6. The van der Waals surface area contributed by atoms with Crippen molar-refractivity contribution in [3.8, 4) is 0 Å². The first-order chi connectivity index (χ1) is 26.5. The first-order valence-electron chi connectivity index (χ1n) is 18.9. The molecule has 0 bridgehead atoms. The maximum Gasteiger partial charge on any atom is 0.0503 e. The molecule has 1 unspecified atom stereocenters. The van der Waals surface area contributed by atoms with Gasteiger partial charge in [0.2, 0.25) is 0 Å². The maximum atomic E-state index is 3.69. The summed E-state index contributed by atoms with van der Waals surface area (Å²) in [6.07, 6.45) is 4.51. The molecule has 2 heterocycles. The van der Waals surface area contributed by atoms with E-state index in [1.807, 2.05) is 0 Å². The standard InChI is InChI=1S/C52H40N2/c1-52(2)45-19-11-12-20-49(45)54(42-17-7-4-8-18-42)50-30-24-36(32-46(50)52)22-21-35-23-28-47-43(31-35)44-34-41(27-29-48(44)53-47)51(38-14-5-3-6-15-38)40-26-25-37-13-9-10-16-39(37)33-40/h3-34,51,53H,1-2H3/b22-21+. The molecule has 0 fully saturated rings. The van der Waals surface area contributed by atoms with E-state index in [-0.39, 0.29) is 11.3 Å². The number of nitrogens with one attached hydrogen (secondary N) is 1. The van der Waals surface area contributed by atoms with Crippen LogP contribution in [0.1, 0.15) is 58.7 Å². The van der Waals surface area contributed by atoms with E-state index >= 15 is 0 Å². The highest BCUT2D eigenvalue weighted by molar-refractivity contribution is 6.08. The summed E-state index contributed by atoms with van der Waals surface area (Å²) in [6, 6.07) is 66.6. The summed E-state index contributed by atoms with van der Waals surface area (Å²) >= 11 is 0. The second kappa shape index (κ2) is 12.8. The van der Waals surface area contributed by atoms with Gasteiger partial charge in [-0.05, 0) is 104 Å². The number of nitrogens with zero attached hydrogens (tertiary/aromatic N) is 1. The SMILES string of the molecule is CC1(C)c2ccccc2N(c2ccccc2)c2ccc(/C=C/c3ccc4[nH]c5ccc(C(c6ccccc6)c6ccc7ccccc7c6)cc5c4c3)cc21. The molecule has 9 aromatic rings. The van der Waals surface area contributed by atoms with E-state index in [4.69, 9.17) is 0 Å². The Bertz CT molecular complexity index is 2860. The molecule has 54 heavy (non-hydrogen) atoms. The van der Waals surface area contributed by atoms with Gasteiger partial charge in [0, 0.05) is 38.8 Å². The average Bonchev–Trinajstić information content (AvgIpc) is 3.58. The highest BCUT2D eigenvalue weighted by Gasteiger charge is 2.36. The molecule has 1 N–H and O–H groups in total. The van der Waals surface area contributed by atoms with Crippen LogP contribution >= 0.6 is 0 Å². The van der Waals surface area contributed by atoms with Gasteiger partial charge in [0.05, 0.1) is 11.4 Å². The predicted octanol–water partition coefficient (Wildman–Crippen LogP) is 13.9. The van der Waals surface area contributed by atoms with Gasteiger partial charge in [0.1, 0.15) is 0 Å². The number of hydrogen-bond acceptors (Lipinski definition) is 1. The topological polar surface area (TPSA) is 19.0 Å². The molecule has 0 amide bonds. The minimum atomic E-state index is -0.147. The van der Waals surface area contributed by atoms with Crippen molar-refractivity contribution >= 4 is 61.8 Å². The number of H-pyrrole nitrogens is 1. The van der Waals surface area contributed by atoms with E-state index in [0.717, 1.165) is 11.0 Å². The van der Waals surface area contributed by atoms with E-state index in [1.165, 1.54) is 77.6 Å². The molecule has 1 aliphatic rings. The number of aromatic amines is 1. The minimum absolute atomic E-state index is 0.117. The molecule has 8 aromatic carbocycles. The van der Waals surface area contributed by atoms with Crippen LogP contribution in [-0.2, 0) is 5.41 Å². The van der Waals surface area contributed by atoms with Gasteiger partial charge >= 0.3 is 0 Å². The van der Waals surface area contributed by atoms with Crippen LogP contribution in [0.4, 0.5) is 17.1 Å². The van der Waals surface area contributed by atoms with Gasteiger partial charge in [-0.1, -0.05) is 153 Å². The molecule has 0 saturated carbocycles. The van der Waals surface area contributed by atoms with Crippen molar-refractivity contribution < 1.29 is 0 Å². The molecule has 10 rings (SSSR count). The summed E-state index contributed by atoms with van der Waals surface area (Å²) in [4.78, 5) is 6.10. The quantitative estimate of drug-likeness (QED) is 0.136. The molecule has 0 saturated heterocycles. The van der Waals surface area contributed by atoms with Gasteiger partial charge in [-0.25, -0.2) is 0 Å². The van der Waals surface area contributed by atoms with Gasteiger partial charge in [-0.3, -0.25) is 0 Å². The van der Waals surface area contributed by atoms with E-state index in [9.17, 15) is 0 Å². The van der Waals surface area contributed by atoms with Crippen LogP contribution in [-0.4, -0.2) is 4.98 Å². The second-order valence-electron chi connectivity index (χ2n) is 15.1. The summed E-state index contributed by atoms with van der Waals surface area (Å²) in [5, 5.41) is 5.01. The molecule has 1 atom stereocenters. The highest BCUT2D eigenvalue weighted by Crippen LogP contribution is 2.52. The fraction of sp³-hybridized carbons (Fsp3) is 0.0769. The third kappa shape index (κ3) is 5.42. The van der Waals surface area contributed by atoms with Gasteiger partial charge in [-0.15, -0.1) is 0 Å². The normalized spacial score (nSPS) is 14.1. The van der Waals surface area contributed by atoms with E-state index in [1.54, 1.807) is 0 Å². The zero-order valence-electron chi connectivity index (χ0n) is 30.5. The van der Waals surface area contributed by atoms with Crippen molar-refractivity contribution in [2.24, 2.45) is 0 Å². The first kappa shape index (κ1) is 32.0. The number of aromatic nitrogens is 1. The summed E-state index contributed by atoms with van der Waals surface area (Å²) in [5.41, 5.74) is 14.7. The minimum Gasteiger partial charge on any atom is -0.355 e. The van der Waals surface area contributed by atoms with Crippen LogP contribution in [0.3, 0.4) is 0 Å². The summed E-state index contributed by atoms with van der Waals surface area (Å²) in [7, 11) is 0. The van der Waals surface area contributed by atoms with Crippen LogP contribution in [0.15, 0.2) is 182 Å².